The molecule has 1 N–H and O–H groups in total. The molecule has 1 aliphatic rings. The van der Waals surface area contributed by atoms with E-state index in [1.54, 1.807) is 0 Å². The molecule has 0 amide bonds. The van der Waals surface area contributed by atoms with E-state index in [1.165, 1.54) is 25.7 Å². The highest BCUT2D eigenvalue weighted by molar-refractivity contribution is 5.09. The summed E-state index contributed by atoms with van der Waals surface area (Å²) in [6, 6.07) is 6.82. The van der Waals surface area contributed by atoms with Gasteiger partial charge < -0.3 is 10.1 Å². The number of aromatic nitrogens is 1. The zero-order valence-corrected chi connectivity index (χ0v) is 10.8. The van der Waals surface area contributed by atoms with E-state index >= 15 is 0 Å². The number of nitrogens with zero attached hydrogens (tertiary/aromatic N) is 1. The topological polar surface area (TPSA) is 34.1 Å². The number of aryl methyl sites for hydroxylation is 1. The third kappa shape index (κ3) is 3.79. The first-order chi connectivity index (χ1) is 8.28. The molecule has 1 aromatic heterocycles. The summed E-state index contributed by atoms with van der Waals surface area (Å²) >= 11 is 0. The van der Waals surface area contributed by atoms with Gasteiger partial charge in [-0.25, -0.2) is 0 Å². The van der Waals surface area contributed by atoms with Gasteiger partial charge in [0.15, 0.2) is 0 Å². The van der Waals surface area contributed by atoms with Crippen LogP contribution in [0.1, 0.15) is 37.1 Å². The maximum Gasteiger partial charge on any atom is 0.0572 e. The van der Waals surface area contributed by atoms with Gasteiger partial charge in [0.25, 0.3) is 0 Å². The second-order valence-electron chi connectivity index (χ2n) is 4.86. The Kier molecular flexibility index (Phi) is 4.51. The molecule has 1 aliphatic carbocycles. The lowest BCUT2D eigenvalue weighted by Crippen LogP contribution is -2.34. The first-order valence-corrected chi connectivity index (χ1v) is 6.46. The van der Waals surface area contributed by atoms with Crippen LogP contribution in [0.15, 0.2) is 18.2 Å². The highest BCUT2D eigenvalue weighted by Crippen LogP contribution is 2.20. The second kappa shape index (κ2) is 6.12. The summed E-state index contributed by atoms with van der Waals surface area (Å²) in [5.41, 5.74) is 2.23. The van der Waals surface area contributed by atoms with E-state index in [2.05, 4.69) is 22.4 Å². The van der Waals surface area contributed by atoms with Crippen molar-refractivity contribution in [2.24, 2.45) is 0 Å². The number of hydrogen-bond donors (Lipinski definition) is 1. The third-order valence-corrected chi connectivity index (χ3v) is 3.53. The van der Waals surface area contributed by atoms with Crippen molar-refractivity contribution in [2.75, 3.05) is 7.11 Å². The molecule has 3 heteroatoms. The van der Waals surface area contributed by atoms with Gasteiger partial charge in [0, 0.05) is 25.4 Å². The van der Waals surface area contributed by atoms with Crippen LogP contribution in [0.4, 0.5) is 0 Å². The first kappa shape index (κ1) is 12.5. The summed E-state index contributed by atoms with van der Waals surface area (Å²) < 4.78 is 5.38. The minimum atomic E-state index is 0.477. The summed E-state index contributed by atoms with van der Waals surface area (Å²) in [7, 11) is 1.81. The lowest BCUT2D eigenvalue weighted by atomic mass is 9.93. The van der Waals surface area contributed by atoms with Gasteiger partial charge in [-0.3, -0.25) is 4.98 Å². The Hall–Kier alpha value is -0.930. The molecule has 0 saturated heterocycles. The maximum absolute atomic E-state index is 5.38. The molecule has 1 aromatic rings. The molecular weight excluding hydrogens is 212 g/mol. The van der Waals surface area contributed by atoms with Crippen LogP contribution in [0, 0.1) is 6.92 Å². The molecule has 2 rings (SSSR count). The summed E-state index contributed by atoms with van der Waals surface area (Å²) in [5, 5.41) is 3.59. The minimum absolute atomic E-state index is 0.477. The lowest BCUT2D eigenvalue weighted by Gasteiger charge is -2.28. The van der Waals surface area contributed by atoms with Crippen LogP contribution in [0.2, 0.25) is 0 Å². The van der Waals surface area contributed by atoms with Crippen LogP contribution in [-0.4, -0.2) is 24.2 Å². The summed E-state index contributed by atoms with van der Waals surface area (Å²) in [5.74, 6) is 0. The van der Waals surface area contributed by atoms with E-state index in [9.17, 15) is 0 Å². The molecule has 94 valence electrons. The zero-order chi connectivity index (χ0) is 12.1. The Morgan fingerprint density at radius 1 is 1.29 bits per heavy atom. The van der Waals surface area contributed by atoms with Crippen LogP contribution in [-0.2, 0) is 11.3 Å². The van der Waals surface area contributed by atoms with Crippen LogP contribution >= 0.6 is 0 Å². The fourth-order valence-corrected chi connectivity index (χ4v) is 2.45. The van der Waals surface area contributed by atoms with Crippen LogP contribution in [0.3, 0.4) is 0 Å². The summed E-state index contributed by atoms with van der Waals surface area (Å²) in [6.45, 7) is 2.91. The Balaban J connectivity index is 1.76. The van der Waals surface area contributed by atoms with E-state index in [0.29, 0.717) is 12.1 Å². The molecule has 0 radical (unpaired) electrons. The highest BCUT2D eigenvalue weighted by Gasteiger charge is 2.20. The van der Waals surface area contributed by atoms with E-state index in [0.717, 1.165) is 17.9 Å². The zero-order valence-electron chi connectivity index (χ0n) is 10.8. The third-order valence-electron chi connectivity index (χ3n) is 3.53. The number of nitrogens with one attached hydrogen (secondary N) is 1. The van der Waals surface area contributed by atoms with Crippen LogP contribution in [0.5, 0.6) is 0 Å². The number of methoxy groups -OCH3 is 1. The predicted molar refractivity (Wildman–Crippen MR) is 68.9 cm³/mol. The molecule has 0 spiro atoms. The molecule has 1 fully saturated rings. The van der Waals surface area contributed by atoms with Gasteiger partial charge in [0.05, 0.1) is 11.8 Å². The van der Waals surface area contributed by atoms with Gasteiger partial charge in [-0.05, 0) is 44.7 Å². The Morgan fingerprint density at radius 3 is 2.71 bits per heavy atom. The quantitative estimate of drug-likeness (QED) is 0.869. The average Bonchev–Trinajstić information content (AvgIpc) is 2.37. The van der Waals surface area contributed by atoms with E-state index in [-0.39, 0.29) is 0 Å². The average molecular weight is 234 g/mol. The van der Waals surface area contributed by atoms with Crippen molar-refractivity contribution in [3.8, 4) is 0 Å². The standard InChI is InChI=1S/C14H22N2O/c1-11-4-3-5-13(16-11)10-15-12-6-8-14(17-2)9-7-12/h3-5,12,14-15H,6-10H2,1-2H3. The molecular formula is C14H22N2O. The molecule has 0 atom stereocenters. The second-order valence-corrected chi connectivity index (χ2v) is 4.86. The summed E-state index contributed by atoms with van der Waals surface area (Å²) in [6.07, 6.45) is 5.25. The fourth-order valence-electron chi connectivity index (χ4n) is 2.45. The number of ether oxygens (including phenoxy) is 1. The van der Waals surface area contributed by atoms with Crippen molar-refractivity contribution >= 4 is 0 Å². The number of pyridine rings is 1. The van der Waals surface area contributed by atoms with E-state index in [4.69, 9.17) is 4.74 Å². The Labute approximate surface area is 104 Å². The number of hydrogen-bond acceptors (Lipinski definition) is 3. The monoisotopic (exact) mass is 234 g/mol. The van der Waals surface area contributed by atoms with Crippen LogP contribution < -0.4 is 5.32 Å². The van der Waals surface area contributed by atoms with Gasteiger partial charge in [-0.15, -0.1) is 0 Å². The largest absolute Gasteiger partial charge is 0.381 e. The molecule has 0 aromatic carbocycles. The fraction of sp³-hybridized carbons (Fsp3) is 0.643. The number of rotatable bonds is 4. The molecule has 0 bridgehead atoms. The predicted octanol–water partition coefficient (Wildman–Crippen LogP) is 2.44. The lowest BCUT2D eigenvalue weighted by molar-refractivity contribution is 0.0623. The van der Waals surface area contributed by atoms with Crippen molar-refractivity contribution in [3.05, 3.63) is 29.6 Å². The van der Waals surface area contributed by atoms with Gasteiger partial charge >= 0.3 is 0 Å². The Bertz CT molecular complexity index is 346. The van der Waals surface area contributed by atoms with Gasteiger partial charge in [-0.1, -0.05) is 6.07 Å². The van der Waals surface area contributed by atoms with E-state index < -0.39 is 0 Å². The Morgan fingerprint density at radius 2 is 2.06 bits per heavy atom. The molecule has 1 heterocycles. The molecule has 1 saturated carbocycles. The van der Waals surface area contributed by atoms with Gasteiger partial charge in [0.2, 0.25) is 0 Å². The van der Waals surface area contributed by atoms with Gasteiger partial charge in [0.1, 0.15) is 0 Å². The molecule has 0 unspecified atom stereocenters. The van der Waals surface area contributed by atoms with Crippen LogP contribution in [0.25, 0.3) is 0 Å². The van der Waals surface area contributed by atoms with E-state index in [1.807, 2.05) is 20.1 Å². The normalized spacial score (nSPS) is 24.8. The molecule has 0 aliphatic heterocycles. The summed E-state index contributed by atoms with van der Waals surface area (Å²) in [4.78, 5) is 4.50. The van der Waals surface area contributed by atoms with Crippen molar-refractivity contribution in [1.29, 1.82) is 0 Å². The molecule has 17 heavy (non-hydrogen) atoms. The van der Waals surface area contributed by atoms with Crippen molar-refractivity contribution in [2.45, 2.75) is 51.3 Å². The maximum atomic E-state index is 5.38. The SMILES string of the molecule is COC1CCC(NCc2cccc(C)n2)CC1. The first-order valence-electron chi connectivity index (χ1n) is 6.46. The van der Waals surface area contributed by atoms with Crippen molar-refractivity contribution < 1.29 is 4.74 Å². The van der Waals surface area contributed by atoms with Crippen molar-refractivity contribution in [3.63, 3.8) is 0 Å². The smallest absolute Gasteiger partial charge is 0.0572 e. The molecule has 3 nitrogen and oxygen atoms in total. The van der Waals surface area contributed by atoms with Gasteiger partial charge in [-0.2, -0.15) is 0 Å². The van der Waals surface area contributed by atoms with Crippen molar-refractivity contribution in [1.82, 2.24) is 10.3 Å². The minimum Gasteiger partial charge on any atom is -0.381 e. The highest BCUT2D eigenvalue weighted by atomic mass is 16.5.